The van der Waals surface area contributed by atoms with E-state index in [-0.39, 0.29) is 0 Å². The molecule has 0 bridgehead atoms. The van der Waals surface area contributed by atoms with Gasteiger partial charge in [-0.25, -0.2) is 4.79 Å². The lowest BCUT2D eigenvalue weighted by atomic mass is 9.95. The Hall–Kier alpha value is -2.61. The Balaban J connectivity index is 1.84. The van der Waals surface area contributed by atoms with Crippen molar-refractivity contribution in [2.45, 2.75) is 45.6 Å². The summed E-state index contributed by atoms with van der Waals surface area (Å²) in [6.45, 7) is 4.36. The number of hydrogen-bond acceptors (Lipinski definition) is 5. The molecule has 152 valence electrons. The second kappa shape index (κ2) is 9.05. The van der Waals surface area contributed by atoms with Crippen molar-refractivity contribution in [3.8, 4) is 0 Å². The van der Waals surface area contributed by atoms with Gasteiger partial charge in [0.15, 0.2) is 6.61 Å². The first-order valence-corrected chi connectivity index (χ1v) is 9.40. The predicted octanol–water partition coefficient (Wildman–Crippen LogP) is 2.63. The first kappa shape index (κ1) is 21.7. The minimum absolute atomic E-state index is 0.470. The molecule has 2 rings (SSSR count). The molecule has 28 heavy (non-hydrogen) atoms. The number of hydrogen-bond donors (Lipinski definition) is 2. The molecule has 8 nitrogen and oxygen atoms in total. The smallest absolute Gasteiger partial charge is 0.326 e. The summed E-state index contributed by atoms with van der Waals surface area (Å²) in [5.41, 5.74) is 0.318. The summed E-state index contributed by atoms with van der Waals surface area (Å²) in [6.07, 6.45) is 2.13. The van der Waals surface area contributed by atoms with E-state index >= 15 is 0 Å². The molecule has 4 amide bonds. The van der Waals surface area contributed by atoms with Crippen molar-refractivity contribution < 1.29 is 23.9 Å². The van der Waals surface area contributed by atoms with Crippen LogP contribution in [-0.4, -0.2) is 47.4 Å². The van der Waals surface area contributed by atoms with Crippen LogP contribution in [0.5, 0.6) is 0 Å². The maximum atomic E-state index is 12.5. The largest absolute Gasteiger partial charge is 0.454 e. The summed E-state index contributed by atoms with van der Waals surface area (Å²) < 4.78 is 4.88. The highest BCUT2D eigenvalue weighted by molar-refractivity contribution is 6.31. The van der Waals surface area contributed by atoms with Crippen LogP contribution in [-0.2, 0) is 19.1 Å². The molecule has 0 aliphatic carbocycles. The van der Waals surface area contributed by atoms with E-state index < -0.39 is 42.5 Å². The number of nitrogens with zero attached hydrogens (tertiary/aromatic N) is 1. The summed E-state index contributed by atoms with van der Waals surface area (Å²) in [4.78, 5) is 49.2. The lowest BCUT2D eigenvalue weighted by Crippen LogP contribution is -2.44. The number of nitrogens with one attached hydrogen (secondary N) is 2. The number of carbonyl (C=O) groups is 4. The minimum atomic E-state index is -1.02. The Morgan fingerprint density at radius 2 is 2.04 bits per heavy atom. The van der Waals surface area contributed by atoms with Crippen LogP contribution in [0.3, 0.4) is 0 Å². The van der Waals surface area contributed by atoms with Gasteiger partial charge < -0.3 is 15.4 Å². The SMILES string of the molecule is CCCC[C@@]1(C)NC(=O)N(CC(=O)OCC(=O)Nc2ccc(C)c(Cl)c2)C1=O. The fourth-order valence-corrected chi connectivity index (χ4v) is 2.96. The van der Waals surface area contributed by atoms with Gasteiger partial charge in [0.2, 0.25) is 0 Å². The van der Waals surface area contributed by atoms with Gasteiger partial charge in [-0.1, -0.05) is 37.4 Å². The molecule has 0 saturated carbocycles. The Morgan fingerprint density at radius 3 is 2.68 bits per heavy atom. The number of aryl methyl sites for hydroxylation is 1. The molecule has 1 fully saturated rings. The molecule has 9 heteroatoms. The second-order valence-corrected chi connectivity index (χ2v) is 7.34. The number of benzene rings is 1. The third kappa shape index (κ3) is 5.22. The molecule has 0 aromatic heterocycles. The third-order valence-electron chi connectivity index (χ3n) is 4.48. The Labute approximate surface area is 168 Å². The van der Waals surface area contributed by atoms with Crippen LogP contribution in [0.15, 0.2) is 18.2 Å². The van der Waals surface area contributed by atoms with Crippen molar-refractivity contribution in [2.75, 3.05) is 18.5 Å². The number of carbonyl (C=O) groups excluding carboxylic acids is 4. The van der Waals surface area contributed by atoms with E-state index in [4.69, 9.17) is 16.3 Å². The zero-order valence-electron chi connectivity index (χ0n) is 16.1. The summed E-state index contributed by atoms with van der Waals surface area (Å²) in [5.74, 6) is -1.87. The van der Waals surface area contributed by atoms with E-state index in [0.29, 0.717) is 17.1 Å². The van der Waals surface area contributed by atoms with Gasteiger partial charge in [0.25, 0.3) is 11.8 Å². The van der Waals surface area contributed by atoms with Crippen LogP contribution in [0.1, 0.15) is 38.7 Å². The zero-order valence-corrected chi connectivity index (χ0v) is 16.9. The van der Waals surface area contributed by atoms with Gasteiger partial charge in [0.1, 0.15) is 12.1 Å². The second-order valence-electron chi connectivity index (χ2n) is 6.93. The number of unbranched alkanes of at least 4 members (excludes halogenated alkanes) is 1. The van der Waals surface area contributed by atoms with E-state index in [1.165, 1.54) is 0 Å². The summed E-state index contributed by atoms with van der Waals surface area (Å²) in [5, 5.41) is 5.67. The lowest BCUT2D eigenvalue weighted by molar-refractivity contribution is -0.150. The number of amides is 4. The van der Waals surface area contributed by atoms with Crippen molar-refractivity contribution in [1.29, 1.82) is 0 Å². The molecule has 1 saturated heterocycles. The number of halogens is 1. The van der Waals surface area contributed by atoms with Crippen molar-refractivity contribution in [1.82, 2.24) is 10.2 Å². The number of imide groups is 1. The number of rotatable bonds is 8. The highest BCUT2D eigenvalue weighted by Gasteiger charge is 2.47. The van der Waals surface area contributed by atoms with Crippen LogP contribution in [0.2, 0.25) is 5.02 Å². The Kier molecular flexibility index (Phi) is 7.01. The molecule has 1 aromatic carbocycles. The first-order chi connectivity index (χ1) is 13.2. The van der Waals surface area contributed by atoms with E-state index in [1.807, 2.05) is 13.8 Å². The van der Waals surface area contributed by atoms with Gasteiger partial charge >= 0.3 is 12.0 Å². The van der Waals surface area contributed by atoms with E-state index in [2.05, 4.69) is 10.6 Å². The van der Waals surface area contributed by atoms with Crippen LogP contribution in [0, 0.1) is 6.92 Å². The van der Waals surface area contributed by atoms with Gasteiger partial charge in [-0.2, -0.15) is 0 Å². The predicted molar refractivity (Wildman–Crippen MR) is 104 cm³/mol. The normalized spacial score (nSPS) is 18.8. The zero-order chi connectivity index (χ0) is 20.9. The molecule has 1 aliphatic rings. The third-order valence-corrected chi connectivity index (χ3v) is 4.89. The van der Waals surface area contributed by atoms with Crippen molar-refractivity contribution in [3.63, 3.8) is 0 Å². The van der Waals surface area contributed by atoms with Crippen molar-refractivity contribution >= 4 is 41.1 Å². The van der Waals surface area contributed by atoms with Gasteiger partial charge in [-0.15, -0.1) is 0 Å². The van der Waals surface area contributed by atoms with Gasteiger partial charge in [0, 0.05) is 10.7 Å². The summed E-state index contributed by atoms with van der Waals surface area (Å²) in [6, 6.07) is 4.36. The Bertz CT molecular complexity index is 798. The first-order valence-electron chi connectivity index (χ1n) is 9.02. The molecule has 2 N–H and O–H groups in total. The van der Waals surface area contributed by atoms with Crippen LogP contribution in [0.4, 0.5) is 10.5 Å². The quantitative estimate of drug-likeness (QED) is 0.507. The molecule has 1 heterocycles. The maximum absolute atomic E-state index is 12.5. The minimum Gasteiger partial charge on any atom is -0.454 e. The van der Waals surface area contributed by atoms with Crippen molar-refractivity contribution in [3.05, 3.63) is 28.8 Å². The number of urea groups is 1. The van der Waals surface area contributed by atoms with E-state index in [0.717, 1.165) is 23.3 Å². The lowest BCUT2D eigenvalue weighted by Gasteiger charge is -2.21. The number of esters is 1. The fraction of sp³-hybridized carbons (Fsp3) is 0.474. The highest BCUT2D eigenvalue weighted by Crippen LogP contribution is 2.23. The molecule has 1 aliphatic heterocycles. The van der Waals surface area contributed by atoms with Gasteiger partial charge in [0.05, 0.1) is 0 Å². The van der Waals surface area contributed by atoms with Crippen molar-refractivity contribution in [2.24, 2.45) is 0 Å². The number of anilines is 1. The molecular formula is C19H24ClN3O5. The van der Waals surface area contributed by atoms with E-state index in [9.17, 15) is 19.2 Å². The maximum Gasteiger partial charge on any atom is 0.326 e. The molecule has 0 unspecified atom stereocenters. The summed E-state index contributed by atoms with van der Waals surface area (Å²) in [7, 11) is 0. The average Bonchev–Trinajstić information content (AvgIpc) is 2.85. The highest BCUT2D eigenvalue weighted by atomic mass is 35.5. The summed E-state index contributed by atoms with van der Waals surface area (Å²) >= 11 is 5.99. The van der Waals surface area contributed by atoms with Gasteiger partial charge in [-0.3, -0.25) is 19.3 Å². The van der Waals surface area contributed by atoms with Crippen LogP contribution < -0.4 is 10.6 Å². The molecule has 0 radical (unpaired) electrons. The van der Waals surface area contributed by atoms with Gasteiger partial charge in [-0.05, 0) is 38.0 Å². The monoisotopic (exact) mass is 409 g/mol. The molecule has 1 atom stereocenters. The van der Waals surface area contributed by atoms with Crippen LogP contribution >= 0.6 is 11.6 Å². The average molecular weight is 410 g/mol. The molecular weight excluding hydrogens is 386 g/mol. The molecule has 1 aromatic rings. The number of ether oxygens (including phenoxy) is 1. The topological polar surface area (TPSA) is 105 Å². The van der Waals surface area contributed by atoms with Crippen LogP contribution in [0.25, 0.3) is 0 Å². The van der Waals surface area contributed by atoms with E-state index in [1.54, 1.807) is 25.1 Å². The standard InChI is InChI=1S/C19H24ClN3O5/c1-4-5-8-19(3)17(26)23(18(27)22-19)10-16(25)28-11-15(24)21-13-7-6-12(2)14(20)9-13/h6-7,9H,4-5,8,10-11H2,1-3H3,(H,21,24)(H,22,27)/t19-/m1/s1. The molecule has 0 spiro atoms. The fourth-order valence-electron chi connectivity index (χ4n) is 2.78. The Morgan fingerprint density at radius 1 is 1.32 bits per heavy atom.